The summed E-state index contributed by atoms with van der Waals surface area (Å²) in [6.07, 6.45) is 0. The third kappa shape index (κ3) is 2.78. The van der Waals surface area contributed by atoms with Crippen molar-refractivity contribution < 1.29 is 13.6 Å². The molecule has 0 aliphatic rings. The number of amides is 1. The van der Waals surface area contributed by atoms with Crippen LogP contribution in [0.15, 0.2) is 42.5 Å². The molecule has 0 aliphatic heterocycles. The number of hydrogen-bond donors (Lipinski definition) is 0. The van der Waals surface area contributed by atoms with Crippen LogP contribution in [0, 0.1) is 18.6 Å². The molecule has 2 rings (SSSR count). The second kappa shape index (κ2) is 5.18. The molecular weight excluding hydrogens is 248 g/mol. The molecule has 19 heavy (non-hydrogen) atoms. The van der Waals surface area contributed by atoms with Gasteiger partial charge in [0.05, 0.1) is 5.56 Å². The number of carbonyl (C=O) groups is 1. The number of aryl methyl sites for hydroxylation is 1. The van der Waals surface area contributed by atoms with Gasteiger partial charge in [0, 0.05) is 12.7 Å². The zero-order chi connectivity index (χ0) is 14.0. The van der Waals surface area contributed by atoms with Crippen molar-refractivity contribution in [1.82, 2.24) is 0 Å². The Hall–Kier alpha value is -2.23. The van der Waals surface area contributed by atoms with Gasteiger partial charge in [-0.25, -0.2) is 8.78 Å². The summed E-state index contributed by atoms with van der Waals surface area (Å²) in [6.45, 7) is 1.74. The first-order valence-electron chi connectivity index (χ1n) is 5.79. The van der Waals surface area contributed by atoms with Gasteiger partial charge in [-0.3, -0.25) is 4.79 Å². The molecule has 1 amide bonds. The third-order valence-corrected chi connectivity index (χ3v) is 2.86. The summed E-state index contributed by atoms with van der Waals surface area (Å²) < 4.78 is 26.8. The minimum atomic E-state index is -0.576. The monoisotopic (exact) mass is 261 g/mol. The van der Waals surface area contributed by atoms with Crippen molar-refractivity contribution in [2.24, 2.45) is 0 Å². The second-order valence-corrected chi connectivity index (χ2v) is 4.33. The van der Waals surface area contributed by atoms with Crippen LogP contribution in [0.1, 0.15) is 15.9 Å². The van der Waals surface area contributed by atoms with Crippen LogP contribution in [-0.2, 0) is 0 Å². The zero-order valence-electron chi connectivity index (χ0n) is 10.7. The Balaban J connectivity index is 2.33. The predicted octanol–water partition coefficient (Wildman–Crippen LogP) is 3.55. The van der Waals surface area contributed by atoms with E-state index < -0.39 is 17.5 Å². The van der Waals surface area contributed by atoms with Crippen LogP contribution < -0.4 is 4.90 Å². The number of nitrogens with zero attached hydrogens (tertiary/aromatic N) is 1. The van der Waals surface area contributed by atoms with Gasteiger partial charge in [-0.15, -0.1) is 0 Å². The van der Waals surface area contributed by atoms with E-state index in [1.165, 1.54) is 42.3 Å². The van der Waals surface area contributed by atoms with E-state index >= 15 is 0 Å². The molecule has 2 nitrogen and oxygen atoms in total. The number of benzene rings is 2. The maximum absolute atomic E-state index is 13.7. The average molecular weight is 261 g/mol. The van der Waals surface area contributed by atoms with E-state index in [9.17, 15) is 13.6 Å². The molecule has 0 spiro atoms. The quantitative estimate of drug-likeness (QED) is 0.809. The summed E-state index contributed by atoms with van der Waals surface area (Å²) in [5, 5.41) is 0. The van der Waals surface area contributed by atoms with Crippen LogP contribution in [0.3, 0.4) is 0 Å². The molecular formula is C15H13F2NO. The highest BCUT2D eigenvalue weighted by Crippen LogP contribution is 2.18. The van der Waals surface area contributed by atoms with Gasteiger partial charge in [0.25, 0.3) is 5.91 Å². The molecule has 0 saturated carbocycles. The van der Waals surface area contributed by atoms with Crippen LogP contribution >= 0.6 is 0 Å². The molecule has 0 saturated heterocycles. The van der Waals surface area contributed by atoms with Crippen molar-refractivity contribution in [3.63, 3.8) is 0 Å². The summed E-state index contributed by atoms with van der Waals surface area (Å²) in [4.78, 5) is 13.4. The zero-order valence-corrected chi connectivity index (χ0v) is 10.7. The molecule has 0 aromatic heterocycles. The molecule has 0 N–H and O–H groups in total. The highest BCUT2D eigenvalue weighted by Gasteiger charge is 2.17. The Morgan fingerprint density at radius 2 is 1.84 bits per heavy atom. The fourth-order valence-electron chi connectivity index (χ4n) is 1.78. The van der Waals surface area contributed by atoms with E-state index in [2.05, 4.69) is 0 Å². The fourth-order valence-corrected chi connectivity index (χ4v) is 1.78. The lowest BCUT2D eigenvalue weighted by atomic mass is 10.1. The van der Waals surface area contributed by atoms with E-state index in [1.54, 1.807) is 19.1 Å². The molecule has 0 aliphatic carbocycles. The fraction of sp³-hybridized carbons (Fsp3) is 0.133. The molecule has 0 fully saturated rings. The van der Waals surface area contributed by atoms with Crippen molar-refractivity contribution in [3.05, 3.63) is 65.2 Å². The molecule has 2 aromatic carbocycles. The maximum atomic E-state index is 13.7. The van der Waals surface area contributed by atoms with Gasteiger partial charge in [0.15, 0.2) is 0 Å². The summed E-state index contributed by atoms with van der Waals surface area (Å²) in [5.41, 5.74) is 1.09. The first kappa shape index (κ1) is 13.2. The Labute approximate surface area is 110 Å². The van der Waals surface area contributed by atoms with Gasteiger partial charge in [0.2, 0.25) is 0 Å². The predicted molar refractivity (Wildman–Crippen MR) is 70.3 cm³/mol. The molecule has 0 atom stereocenters. The van der Waals surface area contributed by atoms with Crippen molar-refractivity contribution in [1.29, 1.82) is 0 Å². The van der Waals surface area contributed by atoms with E-state index in [1.807, 2.05) is 0 Å². The summed E-state index contributed by atoms with van der Waals surface area (Å²) in [7, 11) is 1.48. The average Bonchev–Trinajstić information content (AvgIpc) is 2.37. The number of carbonyl (C=O) groups excluding carboxylic acids is 1. The van der Waals surface area contributed by atoms with Crippen LogP contribution in [0.25, 0.3) is 0 Å². The lowest BCUT2D eigenvalue weighted by molar-refractivity contribution is 0.0989. The molecule has 2 aromatic rings. The van der Waals surface area contributed by atoms with Gasteiger partial charge in [0.1, 0.15) is 11.6 Å². The number of anilines is 1. The molecule has 98 valence electrons. The lowest BCUT2D eigenvalue weighted by Gasteiger charge is -2.17. The van der Waals surface area contributed by atoms with Gasteiger partial charge in [-0.1, -0.05) is 12.1 Å². The van der Waals surface area contributed by atoms with Crippen LogP contribution in [0.4, 0.5) is 14.5 Å². The first-order chi connectivity index (χ1) is 8.99. The molecule has 0 bridgehead atoms. The SMILES string of the molecule is Cc1ccc(C(=O)N(C)c2cccc(F)c2)c(F)c1. The van der Waals surface area contributed by atoms with Crippen LogP contribution in [-0.4, -0.2) is 13.0 Å². The Bertz CT molecular complexity index is 625. The normalized spacial score (nSPS) is 10.3. The van der Waals surface area contributed by atoms with E-state index in [4.69, 9.17) is 0 Å². The number of rotatable bonds is 2. The minimum Gasteiger partial charge on any atom is -0.311 e. The Morgan fingerprint density at radius 3 is 2.47 bits per heavy atom. The van der Waals surface area contributed by atoms with Crippen LogP contribution in [0.2, 0.25) is 0 Å². The van der Waals surface area contributed by atoms with Gasteiger partial charge >= 0.3 is 0 Å². The van der Waals surface area contributed by atoms with Gasteiger partial charge < -0.3 is 4.90 Å². The Kier molecular flexibility index (Phi) is 3.60. The van der Waals surface area contributed by atoms with Crippen molar-refractivity contribution in [2.75, 3.05) is 11.9 Å². The van der Waals surface area contributed by atoms with Crippen molar-refractivity contribution >= 4 is 11.6 Å². The highest BCUT2D eigenvalue weighted by molar-refractivity contribution is 6.05. The standard InChI is InChI=1S/C15H13F2NO/c1-10-6-7-13(14(17)8-10)15(19)18(2)12-5-3-4-11(16)9-12/h3-9H,1-2H3. The molecule has 0 heterocycles. The molecule has 0 unspecified atom stereocenters. The van der Waals surface area contributed by atoms with E-state index in [0.717, 1.165) is 5.56 Å². The lowest BCUT2D eigenvalue weighted by Crippen LogP contribution is -2.27. The highest BCUT2D eigenvalue weighted by atomic mass is 19.1. The van der Waals surface area contributed by atoms with Gasteiger partial charge in [-0.05, 0) is 42.8 Å². The Morgan fingerprint density at radius 1 is 1.11 bits per heavy atom. The maximum Gasteiger partial charge on any atom is 0.260 e. The first-order valence-corrected chi connectivity index (χ1v) is 5.79. The second-order valence-electron chi connectivity index (χ2n) is 4.33. The van der Waals surface area contributed by atoms with E-state index in [0.29, 0.717) is 5.69 Å². The largest absolute Gasteiger partial charge is 0.311 e. The summed E-state index contributed by atoms with van der Waals surface area (Å²) in [6, 6.07) is 10.00. The molecule has 4 heteroatoms. The number of halogens is 2. The smallest absolute Gasteiger partial charge is 0.260 e. The van der Waals surface area contributed by atoms with Crippen molar-refractivity contribution in [2.45, 2.75) is 6.92 Å². The molecule has 0 radical (unpaired) electrons. The summed E-state index contributed by atoms with van der Waals surface area (Å²) in [5.74, 6) is -1.53. The topological polar surface area (TPSA) is 20.3 Å². The number of hydrogen-bond acceptors (Lipinski definition) is 1. The van der Waals surface area contributed by atoms with Gasteiger partial charge in [-0.2, -0.15) is 0 Å². The van der Waals surface area contributed by atoms with E-state index in [-0.39, 0.29) is 5.56 Å². The minimum absolute atomic E-state index is 0.0302. The van der Waals surface area contributed by atoms with Crippen LogP contribution in [0.5, 0.6) is 0 Å². The third-order valence-electron chi connectivity index (χ3n) is 2.86. The van der Waals surface area contributed by atoms with Crippen molar-refractivity contribution in [3.8, 4) is 0 Å². The summed E-state index contributed by atoms with van der Waals surface area (Å²) >= 11 is 0.